The number of aromatic amines is 1. The molecule has 0 saturated heterocycles. The molecule has 0 atom stereocenters. The molecule has 0 unspecified atom stereocenters. The highest BCUT2D eigenvalue weighted by atomic mass is 16.4. The van der Waals surface area contributed by atoms with E-state index >= 15 is 0 Å². The number of carboxylic acid groups (broad SMARTS) is 1. The fourth-order valence-electron chi connectivity index (χ4n) is 2.10. The van der Waals surface area contributed by atoms with Crippen molar-refractivity contribution >= 4 is 11.6 Å². The zero-order valence-corrected chi connectivity index (χ0v) is 10.6. The maximum absolute atomic E-state index is 12.0. The van der Waals surface area contributed by atoms with Gasteiger partial charge in [-0.3, -0.25) is 9.89 Å². The number of nitrogens with zero attached hydrogens (tertiary/aromatic N) is 2. The number of aryl methyl sites for hydroxylation is 1. The van der Waals surface area contributed by atoms with E-state index in [1.807, 2.05) is 31.2 Å². The van der Waals surface area contributed by atoms with Gasteiger partial charge in [-0.25, -0.2) is 14.3 Å². The van der Waals surface area contributed by atoms with Gasteiger partial charge in [0.05, 0.1) is 5.69 Å². The number of hydrogen-bond acceptors (Lipinski definition) is 3. The topological polar surface area (TPSA) is 87.5 Å². The van der Waals surface area contributed by atoms with E-state index in [2.05, 4.69) is 10.1 Å². The first-order valence-corrected chi connectivity index (χ1v) is 5.98. The van der Waals surface area contributed by atoms with Crippen molar-refractivity contribution in [2.75, 3.05) is 0 Å². The standard InChI is InChI=1S/C14H11N3O3/c1-8-4-2-3-5-9(8)10-7-13(18)17-12(15-10)6-11(16-17)14(19)20/h2-7,16H,1H3,(H,19,20). The van der Waals surface area contributed by atoms with Crippen molar-refractivity contribution in [3.8, 4) is 11.3 Å². The third-order valence-electron chi connectivity index (χ3n) is 3.10. The molecule has 0 fully saturated rings. The second-order valence-corrected chi connectivity index (χ2v) is 4.46. The molecular weight excluding hydrogens is 258 g/mol. The Kier molecular flexibility index (Phi) is 2.64. The summed E-state index contributed by atoms with van der Waals surface area (Å²) in [6.45, 7) is 1.93. The van der Waals surface area contributed by atoms with Gasteiger partial charge in [0.2, 0.25) is 0 Å². The number of rotatable bonds is 2. The Labute approximate surface area is 113 Å². The molecule has 0 amide bonds. The summed E-state index contributed by atoms with van der Waals surface area (Å²) in [6, 6.07) is 10.3. The minimum Gasteiger partial charge on any atom is -0.477 e. The van der Waals surface area contributed by atoms with Crippen molar-refractivity contribution in [3.63, 3.8) is 0 Å². The summed E-state index contributed by atoms with van der Waals surface area (Å²) < 4.78 is 1.12. The predicted molar refractivity (Wildman–Crippen MR) is 72.9 cm³/mol. The number of benzene rings is 1. The monoisotopic (exact) mass is 269 g/mol. The number of nitrogens with one attached hydrogen (secondary N) is 1. The van der Waals surface area contributed by atoms with Crippen LogP contribution in [0.1, 0.15) is 16.1 Å². The maximum Gasteiger partial charge on any atom is 0.353 e. The van der Waals surface area contributed by atoms with Gasteiger partial charge in [-0.05, 0) is 12.5 Å². The van der Waals surface area contributed by atoms with Gasteiger partial charge in [0, 0.05) is 17.7 Å². The van der Waals surface area contributed by atoms with Crippen LogP contribution in [0.25, 0.3) is 16.9 Å². The molecule has 3 rings (SSSR count). The fourth-order valence-corrected chi connectivity index (χ4v) is 2.10. The average Bonchev–Trinajstić information content (AvgIpc) is 2.84. The third-order valence-corrected chi connectivity index (χ3v) is 3.10. The lowest BCUT2D eigenvalue weighted by Gasteiger charge is -2.04. The van der Waals surface area contributed by atoms with Gasteiger partial charge in [0.25, 0.3) is 5.56 Å². The Morgan fingerprint density at radius 2 is 2.05 bits per heavy atom. The number of carboxylic acids is 1. The van der Waals surface area contributed by atoms with Crippen LogP contribution < -0.4 is 5.56 Å². The van der Waals surface area contributed by atoms with Crippen LogP contribution in [-0.2, 0) is 0 Å². The van der Waals surface area contributed by atoms with Crippen LogP contribution in [0, 0.1) is 6.92 Å². The average molecular weight is 269 g/mol. The van der Waals surface area contributed by atoms with Crippen LogP contribution in [-0.4, -0.2) is 25.7 Å². The first-order valence-electron chi connectivity index (χ1n) is 5.98. The van der Waals surface area contributed by atoms with Gasteiger partial charge < -0.3 is 5.11 Å². The summed E-state index contributed by atoms with van der Waals surface area (Å²) in [5.74, 6) is -1.13. The highest BCUT2D eigenvalue weighted by molar-refractivity contribution is 5.86. The van der Waals surface area contributed by atoms with Crippen LogP contribution in [0.3, 0.4) is 0 Å². The smallest absolute Gasteiger partial charge is 0.353 e. The fraction of sp³-hybridized carbons (Fsp3) is 0.0714. The number of fused-ring (bicyclic) bond motifs is 1. The Bertz CT molecular complexity index is 877. The molecule has 100 valence electrons. The molecule has 0 spiro atoms. The van der Waals surface area contributed by atoms with Crippen LogP contribution in [0.5, 0.6) is 0 Å². The summed E-state index contributed by atoms with van der Waals surface area (Å²) in [7, 11) is 0. The molecule has 0 saturated carbocycles. The normalized spacial score (nSPS) is 10.8. The van der Waals surface area contributed by atoms with Crippen molar-refractivity contribution in [1.82, 2.24) is 14.6 Å². The molecule has 0 aliphatic rings. The zero-order chi connectivity index (χ0) is 14.3. The lowest BCUT2D eigenvalue weighted by atomic mass is 10.1. The summed E-state index contributed by atoms with van der Waals surface area (Å²) in [5, 5.41) is 11.4. The summed E-state index contributed by atoms with van der Waals surface area (Å²) in [6.07, 6.45) is 0. The van der Waals surface area contributed by atoms with Crippen molar-refractivity contribution in [2.24, 2.45) is 0 Å². The van der Waals surface area contributed by atoms with Crippen LogP contribution in [0.15, 0.2) is 41.2 Å². The molecular formula is C14H11N3O3. The summed E-state index contributed by atoms with van der Waals surface area (Å²) in [4.78, 5) is 27.3. The Hall–Kier alpha value is -2.89. The number of carbonyl (C=O) groups is 1. The quantitative estimate of drug-likeness (QED) is 0.741. The highest BCUT2D eigenvalue weighted by Crippen LogP contribution is 2.20. The molecule has 6 heteroatoms. The van der Waals surface area contributed by atoms with Crippen LogP contribution >= 0.6 is 0 Å². The first kappa shape index (κ1) is 12.2. The van der Waals surface area contributed by atoms with Gasteiger partial charge in [0.15, 0.2) is 5.65 Å². The molecule has 20 heavy (non-hydrogen) atoms. The molecule has 0 aliphatic heterocycles. The lowest BCUT2D eigenvalue weighted by Crippen LogP contribution is -2.15. The van der Waals surface area contributed by atoms with Crippen molar-refractivity contribution < 1.29 is 9.90 Å². The highest BCUT2D eigenvalue weighted by Gasteiger charge is 2.12. The van der Waals surface area contributed by atoms with Gasteiger partial charge >= 0.3 is 5.97 Å². The number of aromatic nitrogens is 3. The second-order valence-electron chi connectivity index (χ2n) is 4.46. The lowest BCUT2D eigenvalue weighted by molar-refractivity contribution is 0.0690. The van der Waals surface area contributed by atoms with E-state index in [0.717, 1.165) is 15.6 Å². The summed E-state index contributed by atoms with van der Waals surface area (Å²) >= 11 is 0. The molecule has 1 aromatic carbocycles. The van der Waals surface area contributed by atoms with E-state index in [9.17, 15) is 9.59 Å². The first-order chi connectivity index (χ1) is 9.56. The van der Waals surface area contributed by atoms with Gasteiger partial charge in [-0.2, -0.15) is 0 Å². The molecule has 0 bridgehead atoms. The van der Waals surface area contributed by atoms with E-state index < -0.39 is 5.97 Å². The van der Waals surface area contributed by atoms with E-state index in [1.165, 1.54) is 12.1 Å². The van der Waals surface area contributed by atoms with Crippen LogP contribution in [0.2, 0.25) is 0 Å². The number of H-pyrrole nitrogens is 1. The third kappa shape index (κ3) is 1.87. The minimum absolute atomic E-state index is 0.0727. The van der Waals surface area contributed by atoms with Gasteiger partial charge in [0.1, 0.15) is 5.69 Å². The Morgan fingerprint density at radius 3 is 2.75 bits per heavy atom. The second kappa shape index (κ2) is 4.34. The molecule has 3 aromatic rings. The molecule has 0 radical (unpaired) electrons. The largest absolute Gasteiger partial charge is 0.477 e. The Balaban J connectivity index is 2.27. The van der Waals surface area contributed by atoms with E-state index in [1.54, 1.807) is 0 Å². The molecule has 2 N–H and O–H groups in total. The Morgan fingerprint density at radius 1 is 1.30 bits per heavy atom. The van der Waals surface area contributed by atoms with Crippen molar-refractivity contribution in [1.29, 1.82) is 0 Å². The molecule has 2 aromatic heterocycles. The number of hydrogen-bond donors (Lipinski definition) is 2. The predicted octanol–water partition coefficient (Wildman–Crippen LogP) is 1.70. The summed E-state index contributed by atoms with van der Waals surface area (Å²) in [5.41, 5.74) is 2.25. The molecule has 0 aliphatic carbocycles. The molecule has 6 nitrogen and oxygen atoms in total. The van der Waals surface area contributed by atoms with Gasteiger partial charge in [-0.15, -0.1) is 0 Å². The van der Waals surface area contributed by atoms with Crippen LogP contribution in [0.4, 0.5) is 0 Å². The molecule has 2 heterocycles. The SMILES string of the molecule is Cc1ccccc1-c1cc(=O)n2[nH]c(C(=O)O)cc2n1. The minimum atomic E-state index is -1.13. The van der Waals surface area contributed by atoms with Crippen molar-refractivity contribution in [3.05, 3.63) is 58.0 Å². The van der Waals surface area contributed by atoms with E-state index in [4.69, 9.17) is 5.11 Å². The van der Waals surface area contributed by atoms with E-state index in [-0.39, 0.29) is 16.9 Å². The maximum atomic E-state index is 12.0. The van der Waals surface area contributed by atoms with Crippen molar-refractivity contribution in [2.45, 2.75) is 6.92 Å². The number of aromatic carboxylic acids is 1. The van der Waals surface area contributed by atoms with E-state index in [0.29, 0.717) is 5.69 Å². The zero-order valence-electron chi connectivity index (χ0n) is 10.6. The van der Waals surface area contributed by atoms with Gasteiger partial charge in [-0.1, -0.05) is 24.3 Å².